The molecule has 0 aliphatic carbocycles. The average molecular weight is 329 g/mol. The van der Waals surface area contributed by atoms with Crippen LogP contribution in [0.25, 0.3) is 21.8 Å². The van der Waals surface area contributed by atoms with E-state index in [9.17, 15) is 9.59 Å². The first-order valence-corrected chi connectivity index (χ1v) is 7.95. The second-order valence-electron chi connectivity index (χ2n) is 5.77. The molecule has 4 rings (SSSR count). The van der Waals surface area contributed by atoms with Gasteiger partial charge in [0.25, 0.3) is 5.91 Å². The zero-order valence-electron chi connectivity index (χ0n) is 13.3. The number of amides is 1. The molecule has 2 aromatic heterocycles. The number of rotatable bonds is 3. The topological polar surface area (TPSA) is 74.8 Å². The number of benzene rings is 2. The maximum absolute atomic E-state index is 12.6. The Kier molecular flexibility index (Phi) is 3.74. The third kappa shape index (κ3) is 2.87. The quantitative estimate of drug-likeness (QED) is 0.607. The standard InChI is InChI=1S/C20H15N3O2/c24-18-11-16(15-8-1-2-9-17(15)23-18)20(25)22-12-14-6-3-5-13-7-4-10-21-19(13)14/h1-11H,12H2,(H,22,25)(H,23,24). The van der Waals surface area contributed by atoms with Crippen LogP contribution < -0.4 is 10.9 Å². The lowest BCUT2D eigenvalue weighted by atomic mass is 10.1. The van der Waals surface area contributed by atoms with Crippen LogP contribution in [0.1, 0.15) is 15.9 Å². The van der Waals surface area contributed by atoms with E-state index in [2.05, 4.69) is 15.3 Å². The molecule has 5 heteroatoms. The van der Waals surface area contributed by atoms with Crippen LogP contribution >= 0.6 is 0 Å². The summed E-state index contributed by atoms with van der Waals surface area (Å²) >= 11 is 0. The number of aromatic nitrogens is 2. The van der Waals surface area contributed by atoms with Gasteiger partial charge in [-0.2, -0.15) is 0 Å². The molecule has 0 atom stereocenters. The Hall–Kier alpha value is -3.47. The predicted octanol–water partition coefficient (Wildman–Crippen LogP) is 3.01. The lowest BCUT2D eigenvalue weighted by Gasteiger charge is -2.09. The second kappa shape index (κ2) is 6.20. The van der Waals surface area contributed by atoms with Crippen molar-refractivity contribution in [2.75, 3.05) is 0 Å². The summed E-state index contributed by atoms with van der Waals surface area (Å²) in [5.74, 6) is -0.282. The Morgan fingerprint density at radius 3 is 2.80 bits per heavy atom. The fraction of sp³-hybridized carbons (Fsp3) is 0.0500. The van der Waals surface area contributed by atoms with Crippen molar-refractivity contribution in [2.24, 2.45) is 0 Å². The molecule has 2 aromatic carbocycles. The summed E-state index contributed by atoms with van der Waals surface area (Å²) in [6, 6.07) is 18.3. The highest BCUT2D eigenvalue weighted by molar-refractivity contribution is 6.06. The van der Waals surface area contributed by atoms with E-state index in [-0.39, 0.29) is 11.5 Å². The molecular formula is C20H15N3O2. The first-order chi connectivity index (χ1) is 12.2. The number of nitrogens with zero attached hydrogens (tertiary/aromatic N) is 1. The number of aromatic amines is 1. The van der Waals surface area contributed by atoms with Crippen LogP contribution in [0.15, 0.2) is 71.7 Å². The fourth-order valence-corrected chi connectivity index (χ4v) is 2.97. The van der Waals surface area contributed by atoms with Crippen molar-refractivity contribution < 1.29 is 4.79 Å². The smallest absolute Gasteiger partial charge is 0.252 e. The van der Waals surface area contributed by atoms with E-state index in [1.807, 2.05) is 48.5 Å². The molecule has 0 radical (unpaired) electrons. The van der Waals surface area contributed by atoms with E-state index in [0.29, 0.717) is 17.6 Å². The van der Waals surface area contributed by atoms with E-state index >= 15 is 0 Å². The van der Waals surface area contributed by atoms with E-state index in [1.54, 1.807) is 12.3 Å². The number of H-pyrrole nitrogens is 1. The molecule has 0 saturated heterocycles. The van der Waals surface area contributed by atoms with Crippen LogP contribution in [0.2, 0.25) is 0 Å². The molecule has 0 aliphatic rings. The summed E-state index contributed by atoms with van der Waals surface area (Å²) in [6.07, 6.45) is 1.73. The normalized spacial score (nSPS) is 10.9. The summed E-state index contributed by atoms with van der Waals surface area (Å²) in [7, 11) is 0. The van der Waals surface area contributed by atoms with Crippen molar-refractivity contribution >= 4 is 27.7 Å². The molecule has 0 fully saturated rings. The minimum Gasteiger partial charge on any atom is -0.348 e. The minimum absolute atomic E-state index is 0.282. The number of pyridine rings is 2. The third-order valence-corrected chi connectivity index (χ3v) is 4.15. The molecule has 0 spiro atoms. The summed E-state index contributed by atoms with van der Waals surface area (Å²) in [5, 5.41) is 4.64. The molecule has 0 bridgehead atoms. The zero-order chi connectivity index (χ0) is 17.2. The number of para-hydroxylation sites is 2. The van der Waals surface area contributed by atoms with Gasteiger partial charge in [-0.1, -0.05) is 42.5 Å². The van der Waals surface area contributed by atoms with Crippen LogP contribution in [0.3, 0.4) is 0 Å². The molecular weight excluding hydrogens is 314 g/mol. The summed E-state index contributed by atoms with van der Waals surface area (Å²) in [6.45, 7) is 0.342. The van der Waals surface area contributed by atoms with Crippen LogP contribution in [0.5, 0.6) is 0 Å². The summed E-state index contributed by atoms with van der Waals surface area (Å²) in [4.78, 5) is 31.6. The average Bonchev–Trinajstić information content (AvgIpc) is 2.65. The summed E-state index contributed by atoms with van der Waals surface area (Å²) in [5.41, 5.74) is 2.51. The number of fused-ring (bicyclic) bond motifs is 2. The first-order valence-electron chi connectivity index (χ1n) is 7.95. The van der Waals surface area contributed by atoms with Crippen LogP contribution in [0.4, 0.5) is 0 Å². The summed E-state index contributed by atoms with van der Waals surface area (Å²) < 4.78 is 0. The van der Waals surface area contributed by atoms with E-state index in [4.69, 9.17) is 0 Å². The van der Waals surface area contributed by atoms with Gasteiger partial charge in [0, 0.05) is 35.1 Å². The molecule has 1 amide bonds. The molecule has 4 aromatic rings. The number of hydrogen-bond donors (Lipinski definition) is 2. The lowest BCUT2D eigenvalue weighted by Crippen LogP contribution is -2.25. The van der Waals surface area contributed by atoms with Crippen molar-refractivity contribution in [1.82, 2.24) is 15.3 Å². The van der Waals surface area contributed by atoms with Gasteiger partial charge in [-0.25, -0.2) is 0 Å². The van der Waals surface area contributed by atoms with Gasteiger partial charge in [0.05, 0.1) is 11.1 Å². The Bertz CT molecular complexity index is 1140. The molecule has 2 heterocycles. The van der Waals surface area contributed by atoms with E-state index in [1.165, 1.54) is 6.07 Å². The van der Waals surface area contributed by atoms with E-state index < -0.39 is 0 Å². The third-order valence-electron chi connectivity index (χ3n) is 4.15. The van der Waals surface area contributed by atoms with Crippen molar-refractivity contribution in [3.63, 3.8) is 0 Å². The highest BCUT2D eigenvalue weighted by Gasteiger charge is 2.12. The highest BCUT2D eigenvalue weighted by atomic mass is 16.2. The Morgan fingerprint density at radius 2 is 1.88 bits per heavy atom. The van der Waals surface area contributed by atoms with Gasteiger partial charge in [0.15, 0.2) is 0 Å². The second-order valence-corrected chi connectivity index (χ2v) is 5.77. The molecule has 0 saturated carbocycles. The van der Waals surface area contributed by atoms with Crippen LogP contribution in [-0.4, -0.2) is 15.9 Å². The predicted molar refractivity (Wildman–Crippen MR) is 97.5 cm³/mol. The maximum atomic E-state index is 12.6. The molecule has 122 valence electrons. The van der Waals surface area contributed by atoms with Crippen molar-refractivity contribution in [1.29, 1.82) is 0 Å². The Balaban J connectivity index is 1.66. The van der Waals surface area contributed by atoms with Crippen molar-refractivity contribution in [3.8, 4) is 0 Å². The van der Waals surface area contributed by atoms with Gasteiger partial charge in [-0.05, 0) is 17.7 Å². The molecule has 0 unspecified atom stereocenters. The Labute approximate surface area is 143 Å². The number of nitrogens with one attached hydrogen (secondary N) is 2. The number of carbonyl (C=O) groups is 1. The first kappa shape index (κ1) is 15.1. The zero-order valence-corrected chi connectivity index (χ0v) is 13.3. The minimum atomic E-state index is -0.296. The van der Waals surface area contributed by atoms with E-state index in [0.717, 1.165) is 21.9 Å². The van der Waals surface area contributed by atoms with Gasteiger partial charge >= 0.3 is 0 Å². The highest BCUT2D eigenvalue weighted by Crippen LogP contribution is 2.17. The van der Waals surface area contributed by atoms with Crippen molar-refractivity contribution in [2.45, 2.75) is 6.54 Å². The van der Waals surface area contributed by atoms with Gasteiger partial charge in [-0.15, -0.1) is 0 Å². The van der Waals surface area contributed by atoms with Gasteiger partial charge < -0.3 is 10.3 Å². The fourth-order valence-electron chi connectivity index (χ4n) is 2.97. The number of carbonyl (C=O) groups excluding carboxylic acids is 1. The van der Waals surface area contributed by atoms with Crippen LogP contribution in [0, 0.1) is 0 Å². The lowest BCUT2D eigenvalue weighted by molar-refractivity contribution is 0.0952. The maximum Gasteiger partial charge on any atom is 0.252 e. The SMILES string of the molecule is O=C(NCc1cccc2cccnc12)c1cc(=O)[nH]c2ccccc12. The molecule has 25 heavy (non-hydrogen) atoms. The largest absolute Gasteiger partial charge is 0.348 e. The monoisotopic (exact) mass is 329 g/mol. The van der Waals surface area contributed by atoms with Crippen molar-refractivity contribution in [3.05, 3.63) is 88.3 Å². The van der Waals surface area contributed by atoms with Gasteiger partial charge in [0.2, 0.25) is 5.56 Å². The van der Waals surface area contributed by atoms with Crippen LogP contribution in [-0.2, 0) is 6.54 Å². The van der Waals surface area contributed by atoms with Gasteiger partial charge in [-0.3, -0.25) is 14.6 Å². The number of hydrogen-bond acceptors (Lipinski definition) is 3. The molecule has 5 nitrogen and oxygen atoms in total. The molecule has 0 aliphatic heterocycles. The Morgan fingerprint density at radius 1 is 1.04 bits per heavy atom. The molecule has 2 N–H and O–H groups in total. The van der Waals surface area contributed by atoms with Gasteiger partial charge in [0.1, 0.15) is 0 Å².